The van der Waals surface area contributed by atoms with Crippen LogP contribution in [-0.2, 0) is 0 Å². The number of nitrogens with one attached hydrogen (secondary N) is 1. The lowest BCUT2D eigenvalue weighted by Crippen LogP contribution is -1.90. The van der Waals surface area contributed by atoms with E-state index in [9.17, 15) is 4.79 Å². The standard InChI is InChI=1S/C10H8NO/c1-7(12)10-6-8-4-2-3-5-9(8)11-10/h2-5,11H,1H3. The fraction of sp³-hybridized carbons (Fsp3) is 0.100. The van der Waals surface area contributed by atoms with Crippen LogP contribution in [0.5, 0.6) is 0 Å². The Morgan fingerprint density at radius 3 is 2.83 bits per heavy atom. The molecule has 1 aromatic carbocycles. The molecule has 1 radical (unpaired) electrons. The molecule has 0 spiro atoms. The second-order valence-corrected chi connectivity index (χ2v) is 2.73. The Morgan fingerprint density at radius 1 is 1.42 bits per heavy atom. The Bertz CT molecular complexity index is 395. The maximum atomic E-state index is 11.0. The molecule has 0 atom stereocenters. The second kappa shape index (κ2) is 2.48. The average Bonchev–Trinajstić information content (AvgIpc) is 2.46. The van der Waals surface area contributed by atoms with Crippen molar-refractivity contribution in [1.29, 1.82) is 0 Å². The summed E-state index contributed by atoms with van der Waals surface area (Å²) in [6.45, 7) is 1.53. The molecule has 1 aromatic heterocycles. The summed E-state index contributed by atoms with van der Waals surface area (Å²) in [4.78, 5) is 13.9. The molecule has 0 aliphatic heterocycles. The Hall–Kier alpha value is -1.57. The van der Waals surface area contributed by atoms with E-state index in [1.165, 1.54) is 6.92 Å². The lowest BCUT2D eigenvalue weighted by molar-refractivity contribution is 0.101. The predicted molar refractivity (Wildman–Crippen MR) is 47.1 cm³/mol. The van der Waals surface area contributed by atoms with Crippen LogP contribution in [0, 0.1) is 6.07 Å². The Morgan fingerprint density at radius 2 is 2.17 bits per heavy atom. The first-order chi connectivity index (χ1) is 5.77. The van der Waals surface area contributed by atoms with Gasteiger partial charge >= 0.3 is 0 Å². The number of H-pyrrole nitrogens is 1. The van der Waals surface area contributed by atoms with Crippen molar-refractivity contribution < 1.29 is 4.79 Å². The van der Waals surface area contributed by atoms with Crippen molar-refractivity contribution in [2.75, 3.05) is 0 Å². The van der Waals surface area contributed by atoms with Gasteiger partial charge < -0.3 is 4.98 Å². The van der Waals surface area contributed by atoms with E-state index in [1.807, 2.05) is 24.3 Å². The van der Waals surface area contributed by atoms with Gasteiger partial charge in [-0.25, -0.2) is 0 Å². The van der Waals surface area contributed by atoms with Crippen molar-refractivity contribution in [3.8, 4) is 0 Å². The third-order valence-electron chi connectivity index (χ3n) is 1.80. The first-order valence-electron chi connectivity index (χ1n) is 3.78. The summed E-state index contributed by atoms with van der Waals surface area (Å²) >= 11 is 0. The smallest absolute Gasteiger partial charge is 0.176 e. The minimum absolute atomic E-state index is 0.0196. The number of fused-ring (bicyclic) bond motifs is 1. The summed E-state index contributed by atoms with van der Waals surface area (Å²) in [6, 6.07) is 10.7. The fourth-order valence-electron chi connectivity index (χ4n) is 1.18. The molecule has 0 aliphatic rings. The molecule has 0 aliphatic carbocycles. The molecule has 2 heteroatoms. The van der Waals surface area contributed by atoms with E-state index in [4.69, 9.17) is 0 Å². The average molecular weight is 158 g/mol. The Kier molecular flexibility index (Phi) is 1.47. The molecule has 1 N–H and O–H groups in total. The minimum Gasteiger partial charge on any atom is -0.352 e. The lowest BCUT2D eigenvalue weighted by Gasteiger charge is -1.84. The molecular formula is C10H8NO. The summed E-state index contributed by atoms with van der Waals surface area (Å²) in [7, 11) is 0. The number of carbonyl (C=O) groups is 1. The minimum atomic E-state index is 0.0196. The number of Topliss-reactive ketones (excluding diaryl/α,β-unsaturated/α-hetero) is 1. The zero-order valence-corrected chi connectivity index (χ0v) is 6.72. The number of rotatable bonds is 1. The van der Waals surface area contributed by atoms with Crippen molar-refractivity contribution in [2.24, 2.45) is 0 Å². The van der Waals surface area contributed by atoms with Gasteiger partial charge in [0.2, 0.25) is 0 Å². The number of hydrogen-bond donors (Lipinski definition) is 1. The highest BCUT2D eigenvalue weighted by Gasteiger charge is 2.03. The molecule has 0 unspecified atom stereocenters. The van der Waals surface area contributed by atoms with Crippen LogP contribution in [-0.4, -0.2) is 10.8 Å². The number of ketones is 1. The first-order valence-corrected chi connectivity index (χ1v) is 3.78. The zero-order chi connectivity index (χ0) is 8.55. The third-order valence-corrected chi connectivity index (χ3v) is 1.80. The molecule has 2 rings (SSSR count). The molecule has 2 nitrogen and oxygen atoms in total. The number of aromatic amines is 1. The molecule has 2 aromatic rings. The lowest BCUT2D eigenvalue weighted by atomic mass is 10.2. The van der Waals surface area contributed by atoms with Crippen LogP contribution in [0.15, 0.2) is 24.3 Å². The van der Waals surface area contributed by atoms with E-state index in [-0.39, 0.29) is 5.78 Å². The van der Waals surface area contributed by atoms with Crippen LogP contribution >= 0.6 is 0 Å². The molecule has 0 saturated heterocycles. The maximum Gasteiger partial charge on any atom is 0.176 e. The molecule has 1 heterocycles. The van der Waals surface area contributed by atoms with Crippen molar-refractivity contribution in [3.63, 3.8) is 0 Å². The summed E-state index contributed by atoms with van der Waals surface area (Å²) in [6.07, 6.45) is 0. The number of benzene rings is 1. The van der Waals surface area contributed by atoms with Gasteiger partial charge in [-0.15, -0.1) is 0 Å². The summed E-state index contributed by atoms with van der Waals surface area (Å²) in [5.41, 5.74) is 1.51. The molecule has 0 saturated carbocycles. The highest BCUT2D eigenvalue weighted by molar-refractivity contribution is 5.97. The molecule has 0 fully saturated rings. The largest absolute Gasteiger partial charge is 0.352 e. The van der Waals surface area contributed by atoms with Crippen molar-refractivity contribution >= 4 is 16.7 Å². The van der Waals surface area contributed by atoms with Gasteiger partial charge in [0.05, 0.1) is 5.69 Å². The van der Waals surface area contributed by atoms with Gasteiger partial charge in [-0.1, -0.05) is 18.2 Å². The highest BCUT2D eigenvalue weighted by atomic mass is 16.1. The molecule has 12 heavy (non-hydrogen) atoms. The van der Waals surface area contributed by atoms with Crippen LogP contribution < -0.4 is 0 Å². The van der Waals surface area contributed by atoms with Gasteiger partial charge in [-0.05, 0) is 6.07 Å². The van der Waals surface area contributed by atoms with E-state index in [1.54, 1.807) is 0 Å². The van der Waals surface area contributed by atoms with E-state index < -0.39 is 0 Å². The fourth-order valence-corrected chi connectivity index (χ4v) is 1.18. The van der Waals surface area contributed by atoms with Crippen molar-refractivity contribution in [3.05, 3.63) is 36.0 Å². The van der Waals surface area contributed by atoms with Crippen LogP contribution in [0.3, 0.4) is 0 Å². The maximum absolute atomic E-state index is 11.0. The van der Waals surface area contributed by atoms with E-state index in [2.05, 4.69) is 11.1 Å². The monoisotopic (exact) mass is 158 g/mol. The van der Waals surface area contributed by atoms with Gasteiger partial charge in [-0.2, -0.15) is 0 Å². The zero-order valence-electron chi connectivity index (χ0n) is 6.72. The summed E-state index contributed by atoms with van der Waals surface area (Å²) < 4.78 is 0. The number of para-hydroxylation sites is 1. The summed E-state index contributed by atoms with van der Waals surface area (Å²) in [5.74, 6) is 0.0196. The molecular weight excluding hydrogens is 150 g/mol. The van der Waals surface area contributed by atoms with E-state index >= 15 is 0 Å². The topological polar surface area (TPSA) is 32.9 Å². The van der Waals surface area contributed by atoms with Crippen LogP contribution in [0.1, 0.15) is 17.4 Å². The first kappa shape index (κ1) is 7.10. The SMILES string of the molecule is CC(=O)c1[c]c2ccccc2[nH]1. The van der Waals surface area contributed by atoms with Gasteiger partial charge in [-0.3, -0.25) is 4.79 Å². The van der Waals surface area contributed by atoms with Crippen LogP contribution in [0.4, 0.5) is 0 Å². The quantitative estimate of drug-likeness (QED) is 0.634. The Labute approximate surface area is 70.2 Å². The number of carbonyl (C=O) groups excluding carboxylic acids is 1. The highest BCUT2D eigenvalue weighted by Crippen LogP contribution is 2.13. The second-order valence-electron chi connectivity index (χ2n) is 2.73. The van der Waals surface area contributed by atoms with E-state index in [0.29, 0.717) is 5.69 Å². The van der Waals surface area contributed by atoms with Gasteiger partial charge in [0.25, 0.3) is 0 Å². The van der Waals surface area contributed by atoms with Crippen molar-refractivity contribution in [1.82, 2.24) is 4.98 Å². The third kappa shape index (κ3) is 1.01. The molecule has 0 amide bonds. The van der Waals surface area contributed by atoms with Gasteiger partial charge in [0, 0.05) is 23.9 Å². The molecule has 0 bridgehead atoms. The van der Waals surface area contributed by atoms with Crippen molar-refractivity contribution in [2.45, 2.75) is 6.92 Å². The van der Waals surface area contributed by atoms with Crippen LogP contribution in [0.25, 0.3) is 10.9 Å². The Balaban J connectivity index is 2.70. The molecule has 59 valence electrons. The van der Waals surface area contributed by atoms with Gasteiger partial charge in [0.15, 0.2) is 5.78 Å². The van der Waals surface area contributed by atoms with Gasteiger partial charge in [0.1, 0.15) is 0 Å². The number of aromatic nitrogens is 1. The normalized spacial score (nSPS) is 10.4. The predicted octanol–water partition coefficient (Wildman–Crippen LogP) is 2.17. The van der Waals surface area contributed by atoms with Crippen LogP contribution in [0.2, 0.25) is 0 Å². The number of hydrogen-bond acceptors (Lipinski definition) is 1. The summed E-state index contributed by atoms with van der Waals surface area (Å²) in [5, 5.41) is 0.961. The van der Waals surface area contributed by atoms with E-state index in [0.717, 1.165) is 10.9 Å².